The molecule has 1 aromatic heterocycles. The largest absolute Gasteiger partial charge is 0.349 e. The van der Waals surface area contributed by atoms with E-state index in [-0.39, 0.29) is 11.5 Å². The Morgan fingerprint density at radius 3 is 2.61 bits per heavy atom. The van der Waals surface area contributed by atoms with Gasteiger partial charge >= 0.3 is 0 Å². The predicted molar refractivity (Wildman–Crippen MR) is 90.6 cm³/mol. The van der Waals surface area contributed by atoms with Crippen molar-refractivity contribution < 1.29 is 4.79 Å². The molecule has 1 aromatic rings. The zero-order chi connectivity index (χ0) is 16.8. The molecule has 0 radical (unpaired) electrons. The van der Waals surface area contributed by atoms with Gasteiger partial charge in [-0.15, -0.1) is 0 Å². The maximum atomic E-state index is 12.3. The number of aromatic nitrogens is 2. The molecule has 1 atom stereocenters. The van der Waals surface area contributed by atoms with Gasteiger partial charge in [0.15, 0.2) is 0 Å². The van der Waals surface area contributed by atoms with E-state index >= 15 is 0 Å². The number of carbonyl (C=O) groups excluding carboxylic acids is 1. The molecule has 0 spiro atoms. The lowest BCUT2D eigenvalue weighted by Gasteiger charge is -2.30. The molecule has 6 heteroatoms. The second-order valence-corrected chi connectivity index (χ2v) is 6.54. The van der Waals surface area contributed by atoms with E-state index in [1.807, 2.05) is 6.92 Å². The van der Waals surface area contributed by atoms with Crippen LogP contribution in [0.3, 0.4) is 0 Å². The fraction of sp³-hybridized carbons (Fsp3) is 0.706. The van der Waals surface area contributed by atoms with Gasteiger partial charge in [-0.3, -0.25) is 14.5 Å². The first kappa shape index (κ1) is 17.7. The number of nitrogens with one attached hydrogen (secondary N) is 1. The van der Waals surface area contributed by atoms with E-state index in [9.17, 15) is 9.59 Å². The fourth-order valence-corrected chi connectivity index (χ4v) is 3.09. The highest BCUT2D eigenvalue weighted by molar-refractivity contribution is 5.92. The third-order valence-corrected chi connectivity index (χ3v) is 4.39. The Bertz CT molecular complexity index is 576. The van der Waals surface area contributed by atoms with E-state index in [4.69, 9.17) is 0 Å². The number of likely N-dealkylation sites (tertiary alicyclic amines) is 1. The van der Waals surface area contributed by atoms with Crippen LogP contribution < -0.4 is 10.9 Å². The van der Waals surface area contributed by atoms with Gasteiger partial charge < -0.3 is 5.32 Å². The first-order chi connectivity index (χ1) is 11.0. The zero-order valence-corrected chi connectivity index (χ0v) is 14.4. The van der Waals surface area contributed by atoms with Crippen LogP contribution in [0.15, 0.2) is 16.9 Å². The topological polar surface area (TPSA) is 67.2 Å². The van der Waals surface area contributed by atoms with Crippen LogP contribution in [0.4, 0.5) is 0 Å². The maximum absolute atomic E-state index is 12.3. The summed E-state index contributed by atoms with van der Waals surface area (Å²) in [5.41, 5.74) is 0.141. The van der Waals surface area contributed by atoms with Crippen LogP contribution in [0, 0.1) is 5.92 Å². The average molecular weight is 320 g/mol. The Hall–Kier alpha value is -1.69. The Labute approximate surface area is 137 Å². The molecule has 23 heavy (non-hydrogen) atoms. The van der Waals surface area contributed by atoms with E-state index in [1.165, 1.54) is 29.7 Å². The molecule has 0 aromatic carbocycles. The van der Waals surface area contributed by atoms with E-state index in [0.29, 0.717) is 30.7 Å². The molecule has 1 N–H and O–H groups in total. The van der Waals surface area contributed by atoms with Gasteiger partial charge in [0.25, 0.3) is 11.5 Å². The fourth-order valence-electron chi connectivity index (χ4n) is 3.09. The molecule has 1 aliphatic heterocycles. The summed E-state index contributed by atoms with van der Waals surface area (Å²) in [6.07, 6.45) is 3.28. The van der Waals surface area contributed by atoms with E-state index < -0.39 is 0 Å². The summed E-state index contributed by atoms with van der Waals surface area (Å²) in [5.74, 6) is 0.273. The summed E-state index contributed by atoms with van der Waals surface area (Å²) in [6.45, 7) is 9.72. The lowest BCUT2D eigenvalue weighted by molar-refractivity contribution is 0.0919. The van der Waals surface area contributed by atoms with Gasteiger partial charge in [-0.1, -0.05) is 20.8 Å². The minimum absolute atomic E-state index is 0.166. The molecule has 0 saturated carbocycles. The Balaban J connectivity index is 2.00. The predicted octanol–water partition coefficient (Wildman–Crippen LogP) is 1.50. The van der Waals surface area contributed by atoms with E-state index in [0.717, 1.165) is 19.5 Å². The first-order valence-corrected chi connectivity index (χ1v) is 8.63. The van der Waals surface area contributed by atoms with Crippen molar-refractivity contribution in [1.29, 1.82) is 0 Å². The van der Waals surface area contributed by atoms with Crippen molar-refractivity contribution in [2.45, 2.75) is 52.6 Å². The first-order valence-electron chi connectivity index (χ1n) is 8.63. The van der Waals surface area contributed by atoms with Crippen molar-refractivity contribution in [3.63, 3.8) is 0 Å². The molecular formula is C17H28N4O2. The minimum atomic E-state index is -0.209. The third-order valence-electron chi connectivity index (χ3n) is 4.39. The van der Waals surface area contributed by atoms with E-state index in [1.54, 1.807) is 0 Å². The van der Waals surface area contributed by atoms with Crippen molar-refractivity contribution in [3.8, 4) is 0 Å². The van der Waals surface area contributed by atoms with Crippen LogP contribution >= 0.6 is 0 Å². The maximum Gasteiger partial charge on any atom is 0.271 e. The highest BCUT2D eigenvalue weighted by Gasteiger charge is 2.25. The summed E-state index contributed by atoms with van der Waals surface area (Å²) in [6, 6.07) is 3.27. The molecule has 2 heterocycles. The zero-order valence-electron chi connectivity index (χ0n) is 14.4. The molecule has 0 unspecified atom stereocenters. The average Bonchev–Trinajstić information content (AvgIpc) is 3.03. The van der Waals surface area contributed by atoms with Gasteiger partial charge in [0, 0.05) is 25.2 Å². The summed E-state index contributed by atoms with van der Waals surface area (Å²) < 4.78 is 1.36. The molecule has 6 nitrogen and oxygen atoms in total. The normalized spacial score (nSPS) is 16.7. The number of hydrogen-bond donors (Lipinski definition) is 1. The van der Waals surface area contributed by atoms with Crippen LogP contribution in [-0.4, -0.2) is 46.3 Å². The summed E-state index contributed by atoms with van der Waals surface area (Å²) >= 11 is 0. The molecule has 128 valence electrons. The number of carbonyl (C=O) groups is 1. The Morgan fingerprint density at radius 1 is 1.30 bits per heavy atom. The Kier molecular flexibility index (Phi) is 6.33. The lowest BCUT2D eigenvalue weighted by Crippen LogP contribution is -2.46. The van der Waals surface area contributed by atoms with Gasteiger partial charge in [0.2, 0.25) is 0 Å². The molecule has 2 rings (SSSR count). The standard InChI is InChI=1S/C17H28N4O2/c1-4-9-21-16(22)8-7-14(19-21)17(23)18-12-15(13(2)3)20-10-5-6-11-20/h7-8,13,15H,4-6,9-12H2,1-3H3,(H,18,23)/t15-/m1/s1. The van der Waals surface area contributed by atoms with Crippen LogP contribution in [0.5, 0.6) is 0 Å². The SMILES string of the molecule is CCCn1nc(C(=O)NC[C@H](C(C)C)N2CCCC2)ccc1=O. The van der Waals surface area contributed by atoms with Crippen molar-refractivity contribution in [2.24, 2.45) is 5.92 Å². The quantitative estimate of drug-likeness (QED) is 0.827. The molecule has 0 bridgehead atoms. The number of nitrogens with zero attached hydrogens (tertiary/aromatic N) is 3. The molecule has 1 saturated heterocycles. The number of aryl methyl sites for hydroxylation is 1. The van der Waals surface area contributed by atoms with Crippen molar-refractivity contribution in [2.75, 3.05) is 19.6 Å². The number of amides is 1. The van der Waals surface area contributed by atoms with Crippen molar-refractivity contribution in [1.82, 2.24) is 20.0 Å². The second kappa shape index (κ2) is 8.24. The molecular weight excluding hydrogens is 292 g/mol. The highest BCUT2D eigenvalue weighted by Crippen LogP contribution is 2.17. The van der Waals surface area contributed by atoms with Crippen LogP contribution in [-0.2, 0) is 6.54 Å². The van der Waals surface area contributed by atoms with E-state index in [2.05, 4.69) is 29.2 Å². The number of rotatable bonds is 7. The summed E-state index contributed by atoms with van der Waals surface area (Å²) in [4.78, 5) is 26.5. The summed E-state index contributed by atoms with van der Waals surface area (Å²) in [5, 5.41) is 7.15. The smallest absolute Gasteiger partial charge is 0.271 e. The van der Waals surface area contributed by atoms with Gasteiger partial charge in [0.05, 0.1) is 0 Å². The van der Waals surface area contributed by atoms with Gasteiger partial charge in [-0.05, 0) is 44.3 Å². The third kappa shape index (κ3) is 4.64. The van der Waals surface area contributed by atoms with Crippen molar-refractivity contribution >= 4 is 5.91 Å². The highest BCUT2D eigenvalue weighted by atomic mass is 16.2. The Morgan fingerprint density at radius 2 is 2.00 bits per heavy atom. The lowest BCUT2D eigenvalue weighted by atomic mass is 10.0. The van der Waals surface area contributed by atoms with Gasteiger partial charge in [0.1, 0.15) is 5.69 Å². The molecule has 1 aliphatic rings. The molecule has 1 fully saturated rings. The van der Waals surface area contributed by atoms with Crippen LogP contribution in [0.2, 0.25) is 0 Å². The summed E-state index contributed by atoms with van der Waals surface area (Å²) in [7, 11) is 0. The van der Waals surface area contributed by atoms with Crippen LogP contribution in [0.1, 0.15) is 50.5 Å². The monoisotopic (exact) mass is 320 g/mol. The number of hydrogen-bond acceptors (Lipinski definition) is 4. The van der Waals surface area contributed by atoms with Gasteiger partial charge in [-0.2, -0.15) is 5.10 Å². The van der Waals surface area contributed by atoms with Crippen molar-refractivity contribution in [3.05, 3.63) is 28.2 Å². The van der Waals surface area contributed by atoms with Crippen LogP contribution in [0.25, 0.3) is 0 Å². The molecule has 1 amide bonds. The second-order valence-electron chi connectivity index (χ2n) is 6.54. The molecule has 0 aliphatic carbocycles. The van der Waals surface area contributed by atoms with Gasteiger partial charge in [-0.25, -0.2) is 4.68 Å². The minimum Gasteiger partial charge on any atom is -0.349 e.